The number of nitrogens with zero attached hydrogens (tertiary/aromatic N) is 1. The Morgan fingerprint density at radius 1 is 1.29 bits per heavy atom. The maximum absolute atomic E-state index is 6.11. The summed E-state index contributed by atoms with van der Waals surface area (Å²) in [6.07, 6.45) is 2.51. The van der Waals surface area contributed by atoms with Crippen LogP contribution in [0.25, 0.3) is 0 Å². The van der Waals surface area contributed by atoms with Crippen LogP contribution in [0.15, 0.2) is 18.2 Å². The Morgan fingerprint density at radius 2 is 1.95 bits per heavy atom. The molecule has 2 rings (SSSR count). The molecule has 1 aliphatic heterocycles. The maximum Gasteiger partial charge on any atom is 0.121 e. The van der Waals surface area contributed by atoms with E-state index < -0.39 is 0 Å². The molecule has 1 unspecified atom stereocenters. The molecule has 1 aromatic carbocycles. The van der Waals surface area contributed by atoms with Crippen LogP contribution in [0, 0.1) is 12.8 Å². The summed E-state index contributed by atoms with van der Waals surface area (Å²) in [5.74, 6) is 2.14. The Balaban J connectivity index is 2.08. The number of rotatable bonds is 5. The average molecular weight is 290 g/mol. The zero-order chi connectivity index (χ0) is 15.4. The molecule has 0 radical (unpaired) electrons. The number of hydrogen-bond donors (Lipinski definition) is 1. The van der Waals surface area contributed by atoms with E-state index in [1.54, 1.807) is 7.11 Å². The van der Waals surface area contributed by atoms with Crippen LogP contribution >= 0.6 is 0 Å². The van der Waals surface area contributed by atoms with Gasteiger partial charge in [-0.2, -0.15) is 0 Å². The quantitative estimate of drug-likeness (QED) is 0.905. The van der Waals surface area contributed by atoms with Crippen LogP contribution in [0.2, 0.25) is 0 Å². The highest BCUT2D eigenvalue weighted by molar-refractivity contribution is 5.38. The molecule has 0 aromatic heterocycles. The molecule has 3 nitrogen and oxygen atoms in total. The van der Waals surface area contributed by atoms with Crippen LogP contribution in [0.3, 0.4) is 0 Å². The summed E-state index contributed by atoms with van der Waals surface area (Å²) in [4.78, 5) is 2.57. The minimum absolute atomic E-state index is 0.476. The van der Waals surface area contributed by atoms with Gasteiger partial charge in [0.15, 0.2) is 0 Å². The molecule has 1 fully saturated rings. The summed E-state index contributed by atoms with van der Waals surface area (Å²) in [7, 11) is 1.73. The van der Waals surface area contributed by atoms with Crippen LogP contribution in [-0.2, 0) is 0 Å². The summed E-state index contributed by atoms with van der Waals surface area (Å²) >= 11 is 0. The molecular weight excluding hydrogens is 260 g/mol. The highest BCUT2D eigenvalue weighted by Crippen LogP contribution is 2.34. The zero-order valence-electron chi connectivity index (χ0n) is 13.9. The highest BCUT2D eigenvalue weighted by Gasteiger charge is 2.27. The second kappa shape index (κ2) is 7.28. The molecule has 3 heteroatoms. The number of nitrogens with two attached hydrogens (primary N) is 1. The van der Waals surface area contributed by atoms with Crippen molar-refractivity contribution in [1.29, 1.82) is 0 Å². The zero-order valence-corrected chi connectivity index (χ0v) is 13.9. The number of benzene rings is 1. The van der Waals surface area contributed by atoms with Crippen molar-refractivity contribution in [3.63, 3.8) is 0 Å². The van der Waals surface area contributed by atoms with Gasteiger partial charge in [-0.1, -0.05) is 12.1 Å². The Hall–Kier alpha value is -1.06. The van der Waals surface area contributed by atoms with Crippen LogP contribution in [0.4, 0.5) is 0 Å². The van der Waals surface area contributed by atoms with Crippen LogP contribution < -0.4 is 10.5 Å². The molecular formula is C18H30N2O. The molecule has 1 aliphatic rings. The fourth-order valence-electron chi connectivity index (χ4n) is 3.57. The molecule has 1 heterocycles. The number of ether oxygens (including phenoxy) is 1. The number of piperidine rings is 1. The first kappa shape index (κ1) is 16.3. The van der Waals surface area contributed by atoms with E-state index in [1.165, 1.54) is 37.1 Å². The molecule has 1 aromatic rings. The maximum atomic E-state index is 6.11. The van der Waals surface area contributed by atoms with E-state index >= 15 is 0 Å². The molecule has 118 valence electrons. The Kier molecular flexibility index (Phi) is 5.65. The third kappa shape index (κ3) is 3.78. The van der Waals surface area contributed by atoms with Gasteiger partial charge in [-0.3, -0.25) is 0 Å². The first-order chi connectivity index (χ1) is 10.1. The number of methoxy groups -OCH3 is 1. The number of hydrogen-bond acceptors (Lipinski definition) is 3. The van der Waals surface area contributed by atoms with Crippen molar-refractivity contribution in [2.45, 2.75) is 45.6 Å². The van der Waals surface area contributed by atoms with Gasteiger partial charge in [0.25, 0.3) is 0 Å². The van der Waals surface area contributed by atoms with Gasteiger partial charge in [0.1, 0.15) is 5.75 Å². The van der Waals surface area contributed by atoms with Gasteiger partial charge >= 0.3 is 0 Å². The fourth-order valence-corrected chi connectivity index (χ4v) is 3.57. The molecule has 2 N–H and O–H groups in total. The largest absolute Gasteiger partial charge is 0.496 e. The predicted molar refractivity (Wildman–Crippen MR) is 89.0 cm³/mol. The molecule has 0 bridgehead atoms. The molecule has 0 aliphatic carbocycles. The van der Waals surface area contributed by atoms with Gasteiger partial charge in [0, 0.05) is 6.04 Å². The summed E-state index contributed by atoms with van der Waals surface area (Å²) < 4.78 is 5.36. The fraction of sp³-hybridized carbons (Fsp3) is 0.667. The van der Waals surface area contributed by atoms with Crippen LogP contribution in [0.1, 0.15) is 43.7 Å². The van der Waals surface area contributed by atoms with Gasteiger partial charge in [-0.25, -0.2) is 0 Å². The minimum atomic E-state index is 0.476. The Morgan fingerprint density at radius 3 is 2.43 bits per heavy atom. The standard InChI is InChI=1S/C18H30N2O/c1-13(2)20-9-7-15(8-10-20)17(12-19)16-5-6-18(21-4)14(3)11-16/h5-6,11,13,15,17H,7-10,12,19H2,1-4H3. The van der Waals surface area contributed by atoms with Gasteiger partial charge in [-0.05, 0) is 82.3 Å². The Bertz CT molecular complexity index is 451. The van der Waals surface area contributed by atoms with Gasteiger partial charge in [0.05, 0.1) is 7.11 Å². The first-order valence-corrected chi connectivity index (χ1v) is 8.15. The van der Waals surface area contributed by atoms with Crippen molar-refractivity contribution in [2.75, 3.05) is 26.7 Å². The lowest BCUT2D eigenvalue weighted by Crippen LogP contribution is -2.40. The topological polar surface area (TPSA) is 38.5 Å². The predicted octanol–water partition coefficient (Wildman–Crippen LogP) is 3.17. The third-order valence-corrected chi connectivity index (χ3v) is 4.97. The van der Waals surface area contributed by atoms with Crippen molar-refractivity contribution in [2.24, 2.45) is 11.7 Å². The lowest BCUT2D eigenvalue weighted by Gasteiger charge is -2.38. The SMILES string of the molecule is COc1ccc(C(CN)C2CCN(C(C)C)CC2)cc1C. The van der Waals surface area contributed by atoms with Crippen molar-refractivity contribution in [1.82, 2.24) is 4.90 Å². The highest BCUT2D eigenvalue weighted by atomic mass is 16.5. The molecule has 21 heavy (non-hydrogen) atoms. The molecule has 1 atom stereocenters. The summed E-state index contributed by atoms with van der Waals surface area (Å²) in [5, 5.41) is 0. The van der Waals surface area contributed by atoms with Gasteiger partial charge in [0.2, 0.25) is 0 Å². The number of likely N-dealkylation sites (tertiary alicyclic amines) is 1. The van der Waals surface area contributed by atoms with Crippen LogP contribution in [0.5, 0.6) is 5.75 Å². The Labute approximate surface area is 129 Å². The van der Waals surface area contributed by atoms with Crippen molar-refractivity contribution in [3.8, 4) is 5.75 Å². The molecule has 0 saturated carbocycles. The lowest BCUT2D eigenvalue weighted by atomic mass is 9.79. The van der Waals surface area contributed by atoms with E-state index in [0.717, 1.165) is 12.3 Å². The van der Waals surface area contributed by atoms with Crippen molar-refractivity contribution in [3.05, 3.63) is 29.3 Å². The van der Waals surface area contributed by atoms with E-state index in [4.69, 9.17) is 10.5 Å². The first-order valence-electron chi connectivity index (χ1n) is 8.15. The van der Waals surface area contributed by atoms with E-state index in [1.807, 2.05) is 0 Å². The summed E-state index contributed by atoms with van der Waals surface area (Å²) in [6.45, 7) is 9.82. The number of aryl methyl sites for hydroxylation is 1. The van der Waals surface area contributed by atoms with Gasteiger partial charge < -0.3 is 15.4 Å². The monoisotopic (exact) mass is 290 g/mol. The lowest BCUT2D eigenvalue weighted by molar-refractivity contribution is 0.138. The second-order valence-corrected chi connectivity index (χ2v) is 6.54. The normalized spacial score (nSPS) is 19.0. The summed E-state index contributed by atoms with van der Waals surface area (Å²) in [5.41, 5.74) is 8.68. The molecule has 0 spiro atoms. The second-order valence-electron chi connectivity index (χ2n) is 6.54. The van der Waals surface area contributed by atoms with Crippen molar-refractivity contribution < 1.29 is 4.74 Å². The average Bonchev–Trinajstić information content (AvgIpc) is 2.49. The van der Waals surface area contributed by atoms with E-state index in [0.29, 0.717) is 17.9 Å². The van der Waals surface area contributed by atoms with Crippen molar-refractivity contribution >= 4 is 0 Å². The molecule has 1 saturated heterocycles. The van der Waals surface area contributed by atoms with E-state index in [-0.39, 0.29) is 0 Å². The smallest absolute Gasteiger partial charge is 0.121 e. The molecule has 0 amide bonds. The summed E-state index contributed by atoms with van der Waals surface area (Å²) in [6, 6.07) is 7.19. The van der Waals surface area contributed by atoms with Crippen LogP contribution in [-0.4, -0.2) is 37.7 Å². The third-order valence-electron chi connectivity index (χ3n) is 4.97. The van der Waals surface area contributed by atoms with E-state index in [9.17, 15) is 0 Å². The minimum Gasteiger partial charge on any atom is -0.496 e. The van der Waals surface area contributed by atoms with E-state index in [2.05, 4.69) is 43.9 Å². The van der Waals surface area contributed by atoms with Gasteiger partial charge in [-0.15, -0.1) is 0 Å².